The first-order chi connectivity index (χ1) is 11.3. The molecule has 0 bridgehead atoms. The van der Waals surface area contributed by atoms with Gasteiger partial charge in [0.1, 0.15) is 6.61 Å². The zero-order chi connectivity index (χ0) is 17.0. The Morgan fingerprint density at radius 3 is 1.74 bits per heavy atom. The Balaban J connectivity index is 3.08. The van der Waals surface area contributed by atoms with Crippen LogP contribution in [0.5, 0.6) is 0 Å². The zero-order valence-electron chi connectivity index (χ0n) is 15.8. The minimum Gasteiger partial charge on any atom is -0.388 e. The average Bonchev–Trinajstić information content (AvgIpc) is 2.57. The number of hydrogen-bond acceptors (Lipinski definition) is 2. The van der Waals surface area contributed by atoms with Crippen molar-refractivity contribution in [1.29, 1.82) is 0 Å². The van der Waals surface area contributed by atoms with E-state index >= 15 is 0 Å². The van der Waals surface area contributed by atoms with Gasteiger partial charge in [-0.2, -0.15) is 0 Å². The van der Waals surface area contributed by atoms with Crippen molar-refractivity contribution in [3.8, 4) is 0 Å². The van der Waals surface area contributed by atoms with Crippen molar-refractivity contribution < 1.29 is 9.84 Å². The highest BCUT2D eigenvalue weighted by Crippen LogP contribution is 2.10. The molecule has 0 aromatic heterocycles. The van der Waals surface area contributed by atoms with Crippen LogP contribution in [-0.4, -0.2) is 17.8 Å². The van der Waals surface area contributed by atoms with Gasteiger partial charge in [-0.15, -0.1) is 0 Å². The number of allylic oxidation sites excluding steroid dienone is 2. The number of rotatable bonds is 18. The normalized spacial score (nSPS) is 13.0. The number of unbranched alkanes of at least 4 members (excludes halogenated alkanes) is 12. The molecule has 0 saturated heterocycles. The molecule has 23 heavy (non-hydrogen) atoms. The minimum atomic E-state index is -0.127. The lowest BCUT2D eigenvalue weighted by atomic mass is 10.1. The molecule has 0 saturated carbocycles. The summed E-state index contributed by atoms with van der Waals surface area (Å²) in [7, 11) is 0. The molecule has 0 amide bonds. The second-order valence-electron chi connectivity index (χ2n) is 6.66. The Kier molecular flexibility index (Phi) is 19.4. The van der Waals surface area contributed by atoms with Crippen molar-refractivity contribution in [2.45, 2.75) is 110 Å². The molecule has 1 radical (unpaired) electrons. The molecule has 0 aromatic carbocycles. The van der Waals surface area contributed by atoms with E-state index in [0.29, 0.717) is 0 Å². The first-order valence-corrected chi connectivity index (χ1v) is 10.1. The third kappa shape index (κ3) is 19.6. The molecule has 0 aromatic rings. The van der Waals surface area contributed by atoms with Crippen LogP contribution in [0.15, 0.2) is 12.2 Å². The van der Waals surface area contributed by atoms with Gasteiger partial charge in [0.15, 0.2) is 0 Å². The summed E-state index contributed by atoms with van der Waals surface area (Å²) in [6, 6.07) is 0. The van der Waals surface area contributed by atoms with E-state index in [1.54, 1.807) is 0 Å². The van der Waals surface area contributed by atoms with Crippen molar-refractivity contribution >= 4 is 0 Å². The monoisotopic (exact) mass is 325 g/mol. The van der Waals surface area contributed by atoms with Crippen molar-refractivity contribution in [2.75, 3.05) is 6.61 Å². The van der Waals surface area contributed by atoms with Gasteiger partial charge in [0.25, 0.3) is 0 Å². The number of ether oxygens (including phenoxy) is 1. The van der Waals surface area contributed by atoms with Crippen LogP contribution in [0.3, 0.4) is 0 Å². The smallest absolute Gasteiger partial charge is 0.108 e. The number of aliphatic hydroxyl groups excluding tert-OH is 1. The van der Waals surface area contributed by atoms with Crippen molar-refractivity contribution in [2.24, 2.45) is 0 Å². The van der Waals surface area contributed by atoms with Crippen molar-refractivity contribution in [3.63, 3.8) is 0 Å². The van der Waals surface area contributed by atoms with Crippen LogP contribution in [0.25, 0.3) is 0 Å². The van der Waals surface area contributed by atoms with Gasteiger partial charge >= 0.3 is 0 Å². The van der Waals surface area contributed by atoms with Gasteiger partial charge in [0.2, 0.25) is 0 Å². The van der Waals surface area contributed by atoms with E-state index in [0.717, 1.165) is 19.6 Å². The van der Waals surface area contributed by atoms with Gasteiger partial charge in [-0.05, 0) is 39.0 Å². The number of aliphatic hydroxyl groups is 1. The molecule has 1 N–H and O–H groups in total. The molecule has 0 fully saturated rings. The maximum Gasteiger partial charge on any atom is 0.108 e. The first kappa shape index (κ1) is 22.7. The first-order valence-electron chi connectivity index (χ1n) is 10.1. The van der Waals surface area contributed by atoms with E-state index in [1.807, 2.05) is 6.92 Å². The Labute approximate surface area is 145 Å². The van der Waals surface area contributed by atoms with E-state index in [4.69, 9.17) is 9.84 Å². The molecule has 1 atom stereocenters. The van der Waals surface area contributed by atoms with Crippen molar-refractivity contribution in [3.05, 3.63) is 18.8 Å². The molecule has 2 heteroatoms. The van der Waals surface area contributed by atoms with E-state index < -0.39 is 0 Å². The lowest BCUT2D eigenvalue weighted by Gasteiger charge is -2.08. The molecule has 1 unspecified atom stereocenters. The molecule has 0 aliphatic rings. The molecule has 0 aliphatic heterocycles. The molecule has 137 valence electrons. The maximum absolute atomic E-state index is 8.71. The summed E-state index contributed by atoms with van der Waals surface area (Å²) >= 11 is 0. The summed E-state index contributed by atoms with van der Waals surface area (Å²) < 4.78 is 5.40. The Morgan fingerprint density at radius 1 is 0.739 bits per heavy atom. The van der Waals surface area contributed by atoms with E-state index in [1.165, 1.54) is 83.5 Å². The predicted molar refractivity (Wildman–Crippen MR) is 101 cm³/mol. The van der Waals surface area contributed by atoms with Crippen LogP contribution in [0.4, 0.5) is 0 Å². The molecular formula is C21H41O2. The highest BCUT2D eigenvalue weighted by atomic mass is 16.5. The van der Waals surface area contributed by atoms with Crippen molar-refractivity contribution in [1.82, 2.24) is 0 Å². The molecule has 2 nitrogen and oxygen atoms in total. The van der Waals surface area contributed by atoms with Crippen LogP contribution in [0.2, 0.25) is 0 Å². The van der Waals surface area contributed by atoms with Gasteiger partial charge < -0.3 is 9.84 Å². The summed E-state index contributed by atoms with van der Waals surface area (Å²) in [6.07, 6.45) is 23.2. The largest absolute Gasteiger partial charge is 0.388 e. The minimum absolute atomic E-state index is 0.127. The van der Waals surface area contributed by atoms with E-state index in [2.05, 4.69) is 19.1 Å². The van der Waals surface area contributed by atoms with Crippen LogP contribution in [0, 0.1) is 6.61 Å². The second-order valence-corrected chi connectivity index (χ2v) is 6.66. The van der Waals surface area contributed by atoms with Crippen LogP contribution >= 0.6 is 0 Å². The molecule has 0 rings (SSSR count). The van der Waals surface area contributed by atoms with E-state index in [9.17, 15) is 0 Å². The standard InChI is InChI=1S/C21H41O2/c1-3-4-5-6-7-8-9-10-11-12-13-14-15-16-17-18-19-23-21(2)20-22/h10-11,20-22H,3-9,12-19H2,1-2H3/b11-10-. The Morgan fingerprint density at radius 2 is 1.22 bits per heavy atom. The van der Waals surface area contributed by atoms with Gasteiger partial charge in [0.05, 0.1) is 6.10 Å². The summed E-state index contributed by atoms with van der Waals surface area (Å²) in [5.41, 5.74) is 0. The summed E-state index contributed by atoms with van der Waals surface area (Å²) in [5.74, 6) is 0. The fraction of sp³-hybridized carbons (Fsp3) is 0.857. The lowest BCUT2D eigenvalue weighted by molar-refractivity contribution is 0.0535. The molecule has 0 aliphatic carbocycles. The third-order valence-corrected chi connectivity index (χ3v) is 4.25. The van der Waals surface area contributed by atoms with Gasteiger partial charge in [-0.1, -0.05) is 76.9 Å². The number of hydrogen-bond donors (Lipinski definition) is 1. The zero-order valence-corrected chi connectivity index (χ0v) is 15.8. The second kappa shape index (κ2) is 19.7. The third-order valence-electron chi connectivity index (χ3n) is 4.25. The average molecular weight is 326 g/mol. The molecule has 0 heterocycles. The van der Waals surface area contributed by atoms with E-state index in [-0.39, 0.29) is 6.10 Å². The predicted octanol–water partition coefficient (Wildman–Crippen LogP) is 6.96. The van der Waals surface area contributed by atoms with Crippen LogP contribution in [0.1, 0.15) is 104 Å². The maximum atomic E-state index is 8.71. The Hall–Kier alpha value is -0.340. The summed E-state index contributed by atoms with van der Waals surface area (Å²) in [5, 5.41) is 8.71. The summed E-state index contributed by atoms with van der Waals surface area (Å²) in [6.45, 7) is 6.01. The Bertz CT molecular complexity index is 238. The molecule has 0 spiro atoms. The SMILES string of the molecule is CCCCCCCC/C=C\CCCCCCCCOC(C)[CH]O. The van der Waals surface area contributed by atoms with Crippen LogP contribution in [-0.2, 0) is 4.74 Å². The van der Waals surface area contributed by atoms with Gasteiger partial charge in [0, 0.05) is 6.61 Å². The highest BCUT2D eigenvalue weighted by Gasteiger charge is 1.98. The van der Waals surface area contributed by atoms with Gasteiger partial charge in [-0.3, -0.25) is 0 Å². The fourth-order valence-electron chi connectivity index (χ4n) is 2.66. The molecular weight excluding hydrogens is 284 g/mol. The van der Waals surface area contributed by atoms with Crippen LogP contribution < -0.4 is 0 Å². The van der Waals surface area contributed by atoms with Gasteiger partial charge in [-0.25, -0.2) is 0 Å². The summed E-state index contributed by atoms with van der Waals surface area (Å²) in [4.78, 5) is 0. The quantitative estimate of drug-likeness (QED) is 0.218. The highest BCUT2D eigenvalue weighted by molar-refractivity contribution is 4.81. The fourth-order valence-corrected chi connectivity index (χ4v) is 2.66. The lowest BCUT2D eigenvalue weighted by Crippen LogP contribution is -2.09. The topological polar surface area (TPSA) is 29.5 Å².